The second-order valence-corrected chi connectivity index (χ2v) is 29.1. The number of carbonyl (C=O) groups excluding carboxylic acids is 3. The summed E-state index contributed by atoms with van der Waals surface area (Å²) in [6, 6.07) is 34.0. The van der Waals surface area contributed by atoms with E-state index in [2.05, 4.69) is 35.2 Å². The van der Waals surface area contributed by atoms with Gasteiger partial charge in [-0.05, 0) is 195 Å². The van der Waals surface area contributed by atoms with Crippen molar-refractivity contribution < 1.29 is 33.3 Å². The predicted molar refractivity (Wildman–Crippen MR) is 365 cm³/mol. The lowest BCUT2D eigenvalue weighted by Crippen LogP contribution is -2.53. The summed E-state index contributed by atoms with van der Waals surface area (Å²) in [4.78, 5) is 95.7. The number of carbonyl (C=O) groups is 3. The van der Waals surface area contributed by atoms with E-state index in [0.29, 0.717) is 94.2 Å². The molecule has 4 aromatic carbocycles. The molecule has 9 aromatic rings. The summed E-state index contributed by atoms with van der Waals surface area (Å²) in [6.45, 7) is 16.0. The van der Waals surface area contributed by atoms with Crippen LogP contribution in [0.5, 0.6) is 23.0 Å². The Morgan fingerprint density at radius 1 is 0.505 bits per heavy atom. The maximum atomic E-state index is 13.9. The van der Waals surface area contributed by atoms with E-state index in [1.54, 1.807) is 28.4 Å². The van der Waals surface area contributed by atoms with E-state index < -0.39 is 11.2 Å². The number of benzene rings is 4. The molecule has 7 aliphatic rings. The van der Waals surface area contributed by atoms with Crippen molar-refractivity contribution in [1.29, 1.82) is 0 Å². The van der Waals surface area contributed by atoms with Crippen LogP contribution in [0.4, 0.5) is 32.9 Å². The molecular weight excluding hydrogens is 1230 g/mol. The highest BCUT2D eigenvalue weighted by Crippen LogP contribution is 2.56. The number of imidazole rings is 2. The van der Waals surface area contributed by atoms with Crippen molar-refractivity contribution in [3.63, 3.8) is 0 Å². The maximum absolute atomic E-state index is 13.9. The minimum Gasteiger partial charge on any atom is -0.457 e. The molecule has 3 saturated heterocycles. The average molecular weight is 1320 g/mol. The molecule has 0 radical (unpaired) electrons. The molecule has 6 fully saturated rings. The smallest absolute Gasteiger partial charge is 0.410 e. The highest BCUT2D eigenvalue weighted by Gasteiger charge is 2.55. The van der Waals surface area contributed by atoms with E-state index in [1.807, 2.05) is 155 Å². The summed E-state index contributed by atoms with van der Waals surface area (Å²) in [5.41, 5.74) is 21.6. The minimum atomic E-state index is -0.532. The molecule has 26 heteroatoms. The maximum Gasteiger partial charge on any atom is 0.410 e. The van der Waals surface area contributed by atoms with Crippen molar-refractivity contribution in [3.8, 4) is 34.4 Å². The van der Waals surface area contributed by atoms with Gasteiger partial charge in [-0.1, -0.05) is 36.4 Å². The van der Waals surface area contributed by atoms with Gasteiger partial charge in [0.2, 0.25) is 5.91 Å². The fourth-order valence-corrected chi connectivity index (χ4v) is 15.4. The third kappa shape index (κ3) is 12.5. The van der Waals surface area contributed by atoms with Gasteiger partial charge in [0, 0.05) is 56.4 Å². The molecule has 0 bridgehead atoms. The number of likely N-dealkylation sites (tertiary alicyclic amines) is 2. The zero-order valence-electron chi connectivity index (χ0n) is 55.4. The standard InChI is InChI=1S/C29H32N6O4.C24H24N6O2.C18H25N5O3/c1-28(2,3)39-27(37)33-14-13-29(17-33)15-20(16-29)35-25-23(24(30)31-18-32-25)34(26(35)36)19-9-11-22(12-10-19)38-21-7-5-4-6-8-21;25-21-20-22(28-15-27-21)30(17-12-24(13-17)10-11-26-14-24)23(31)29(20)16-6-8-19(9-7-16)32-18-4-2-1-3-5-18;1-17(2,3)26-16(25)22-5-4-18(9-22)7-11(8-18)23-13(24)6-12-14(19)20-10-21-15(12)23/h4-12,18,20H,13-17H2,1-3H3,(H2,30,31,32);1-9,15,17,26H,10-14H2,(H2,25,27,28);10-11H,4-9H2,1-3H3,(H2,19,20,21). The highest BCUT2D eigenvalue weighted by atomic mass is 16.6. The fourth-order valence-electron chi connectivity index (χ4n) is 15.4. The van der Waals surface area contributed by atoms with Crippen LogP contribution in [0.25, 0.3) is 33.7 Å². The van der Waals surface area contributed by atoms with Crippen LogP contribution in [0, 0.1) is 16.2 Å². The summed E-state index contributed by atoms with van der Waals surface area (Å²) >= 11 is 0. The Balaban J connectivity index is 0.000000127. The molecule has 3 aliphatic carbocycles. The number of ether oxygens (including phenoxy) is 4. The number of hydrogen-bond donors (Lipinski definition) is 4. The summed E-state index contributed by atoms with van der Waals surface area (Å²) in [5, 5.41) is 3.45. The fraction of sp³-hybridized carbons (Fsp3) is 0.423. The van der Waals surface area contributed by atoms with E-state index in [0.717, 1.165) is 87.9 Å². The molecular formula is C71H81N17O9. The SMILES string of the molecule is CC(C)(C)OC(=O)N1CCC2(CC(N3C(=O)Cc4c(N)ncnc43)C2)C1.CC(C)(C)OC(=O)N1CCC2(CC(n3c(=O)n(-c4ccc(Oc5ccccc5)cc4)c4c(N)ncnc43)C2)C1.Nc1ncnc2c1n(-c1ccc(Oc3ccccc3)cc1)c(=O)n2C1CC2(CCNC2)C1. The first-order chi connectivity index (χ1) is 46.4. The molecule has 3 spiro atoms. The van der Waals surface area contributed by atoms with E-state index in [1.165, 1.54) is 19.0 Å². The molecule has 26 nitrogen and oxygen atoms in total. The van der Waals surface area contributed by atoms with Gasteiger partial charge in [0.05, 0.1) is 17.8 Å². The quantitative estimate of drug-likeness (QED) is 0.104. The molecule has 7 N–H and O–H groups in total. The number of rotatable bonds is 9. The monoisotopic (exact) mass is 1320 g/mol. The lowest BCUT2D eigenvalue weighted by Gasteiger charge is -2.48. The zero-order valence-corrected chi connectivity index (χ0v) is 55.4. The summed E-state index contributed by atoms with van der Waals surface area (Å²) < 4.78 is 29.6. The molecule has 16 rings (SSSR count). The summed E-state index contributed by atoms with van der Waals surface area (Å²) in [6.07, 6.45) is 12.2. The number of nitrogens with zero attached hydrogens (tertiary/aromatic N) is 13. The van der Waals surface area contributed by atoms with Gasteiger partial charge in [0.1, 0.15) is 75.9 Å². The number of anilines is 4. The lowest BCUT2D eigenvalue weighted by molar-refractivity contribution is -0.118. The summed E-state index contributed by atoms with van der Waals surface area (Å²) in [7, 11) is 0. The Kier molecular flexibility index (Phi) is 16.3. The number of amides is 3. The van der Waals surface area contributed by atoms with Crippen LogP contribution >= 0.6 is 0 Å². The highest BCUT2D eigenvalue weighted by molar-refractivity contribution is 6.02. The Labute approximate surface area is 559 Å². The van der Waals surface area contributed by atoms with Crippen molar-refractivity contribution in [2.75, 3.05) is 61.4 Å². The molecule has 5 aromatic heterocycles. The van der Waals surface area contributed by atoms with Crippen LogP contribution in [0.15, 0.2) is 138 Å². The minimum absolute atomic E-state index is 0.0234. The first-order valence-corrected chi connectivity index (χ1v) is 33.2. The second-order valence-electron chi connectivity index (χ2n) is 29.1. The topological polar surface area (TPSA) is 319 Å². The van der Waals surface area contributed by atoms with E-state index >= 15 is 0 Å². The predicted octanol–water partition coefficient (Wildman–Crippen LogP) is 9.93. The third-order valence-corrected chi connectivity index (χ3v) is 19.9. The van der Waals surface area contributed by atoms with Crippen molar-refractivity contribution in [2.24, 2.45) is 16.2 Å². The van der Waals surface area contributed by atoms with Crippen LogP contribution in [-0.2, 0) is 20.7 Å². The van der Waals surface area contributed by atoms with Gasteiger partial charge in [-0.2, -0.15) is 0 Å². The van der Waals surface area contributed by atoms with Crippen molar-refractivity contribution in [3.05, 3.63) is 155 Å². The number of hydrogen-bond acceptors (Lipinski definition) is 19. The molecule has 0 unspecified atom stereocenters. The number of nitrogens with two attached hydrogens (primary N) is 3. The third-order valence-electron chi connectivity index (χ3n) is 19.9. The van der Waals surface area contributed by atoms with Gasteiger partial charge >= 0.3 is 23.6 Å². The molecule has 4 aliphatic heterocycles. The normalized spacial score (nSPS) is 23.1. The van der Waals surface area contributed by atoms with Gasteiger partial charge in [-0.3, -0.25) is 28.0 Å². The lowest BCUT2D eigenvalue weighted by atomic mass is 9.64. The Hall–Kier alpha value is -10.4. The number of nitrogen functional groups attached to an aromatic ring is 3. The van der Waals surface area contributed by atoms with Crippen molar-refractivity contribution >= 4 is 63.7 Å². The van der Waals surface area contributed by atoms with Gasteiger partial charge in [-0.25, -0.2) is 49.1 Å². The van der Waals surface area contributed by atoms with Crippen LogP contribution < -0.4 is 48.3 Å². The van der Waals surface area contributed by atoms with E-state index in [9.17, 15) is 24.0 Å². The molecule has 3 amide bonds. The first-order valence-electron chi connectivity index (χ1n) is 33.2. The molecule has 3 saturated carbocycles. The van der Waals surface area contributed by atoms with E-state index in [4.69, 9.17) is 36.1 Å². The average Bonchev–Trinajstić information content (AvgIpc) is 1.56. The zero-order chi connectivity index (χ0) is 67.8. The molecule has 504 valence electrons. The van der Waals surface area contributed by atoms with Crippen LogP contribution in [0.3, 0.4) is 0 Å². The molecule has 97 heavy (non-hydrogen) atoms. The number of nitrogens with one attached hydrogen (secondary N) is 1. The van der Waals surface area contributed by atoms with Gasteiger partial charge in [0.15, 0.2) is 22.9 Å². The number of para-hydroxylation sites is 2. The molecule has 0 atom stereocenters. The molecule has 9 heterocycles. The Morgan fingerprint density at radius 3 is 1.35 bits per heavy atom. The van der Waals surface area contributed by atoms with Gasteiger partial charge in [0.25, 0.3) is 0 Å². The van der Waals surface area contributed by atoms with E-state index in [-0.39, 0.29) is 70.7 Å². The van der Waals surface area contributed by atoms with Crippen LogP contribution in [0.2, 0.25) is 0 Å². The second kappa shape index (κ2) is 24.7. The summed E-state index contributed by atoms with van der Waals surface area (Å²) in [5.74, 6) is 4.45. The van der Waals surface area contributed by atoms with Crippen molar-refractivity contribution in [2.45, 2.75) is 135 Å². The largest absolute Gasteiger partial charge is 0.457 e. The van der Waals surface area contributed by atoms with Crippen molar-refractivity contribution in [1.82, 2.24) is 63.3 Å². The Bertz CT molecular complexity index is 4570. The Morgan fingerprint density at radius 2 is 0.918 bits per heavy atom. The number of fused-ring (bicyclic) bond motifs is 3. The van der Waals surface area contributed by atoms with Gasteiger partial charge in [-0.15, -0.1) is 0 Å². The first kappa shape index (κ1) is 64.0. The van der Waals surface area contributed by atoms with Crippen LogP contribution in [0.1, 0.15) is 117 Å². The number of aromatic nitrogens is 10. The van der Waals surface area contributed by atoms with Gasteiger partial charge < -0.3 is 51.3 Å². The van der Waals surface area contributed by atoms with Crippen LogP contribution in [-0.4, -0.2) is 133 Å².